The van der Waals surface area contributed by atoms with E-state index in [0.29, 0.717) is 5.92 Å². The number of nitrogens with zero attached hydrogens (tertiary/aromatic N) is 2. The summed E-state index contributed by atoms with van der Waals surface area (Å²) in [5, 5.41) is 4.12. The van der Waals surface area contributed by atoms with Gasteiger partial charge in [-0.2, -0.15) is 0 Å². The van der Waals surface area contributed by atoms with Gasteiger partial charge in [0.2, 0.25) is 5.88 Å². The van der Waals surface area contributed by atoms with Gasteiger partial charge in [0.15, 0.2) is 11.6 Å². The first-order valence-corrected chi connectivity index (χ1v) is 9.16. The van der Waals surface area contributed by atoms with E-state index in [2.05, 4.69) is 21.4 Å². The predicted molar refractivity (Wildman–Crippen MR) is 101 cm³/mol. The van der Waals surface area contributed by atoms with Crippen LogP contribution >= 0.6 is 23.2 Å². The molecule has 26 heavy (non-hydrogen) atoms. The van der Waals surface area contributed by atoms with Crippen LogP contribution in [0, 0.1) is 5.82 Å². The Morgan fingerprint density at radius 3 is 2.85 bits per heavy atom. The molecule has 134 valence electrons. The Labute approximate surface area is 160 Å². The minimum atomic E-state index is -0.710. The van der Waals surface area contributed by atoms with E-state index in [4.69, 9.17) is 27.9 Å². The largest absolute Gasteiger partial charge is 0.435 e. The van der Waals surface area contributed by atoms with Crippen molar-refractivity contribution in [2.75, 3.05) is 13.1 Å². The number of ether oxygens (including phenoxy) is 1. The fraction of sp³-hybridized carbons (Fsp3) is 0.263. The van der Waals surface area contributed by atoms with Crippen molar-refractivity contribution >= 4 is 34.1 Å². The molecule has 0 amide bonds. The zero-order valence-corrected chi connectivity index (χ0v) is 15.3. The Morgan fingerprint density at radius 2 is 2.04 bits per heavy atom. The third-order valence-electron chi connectivity index (χ3n) is 4.60. The number of halogens is 3. The average Bonchev–Trinajstić information content (AvgIpc) is 2.69. The Hall–Kier alpha value is -1.95. The lowest BCUT2D eigenvalue weighted by Crippen LogP contribution is -2.28. The van der Waals surface area contributed by atoms with Gasteiger partial charge >= 0.3 is 0 Å². The zero-order valence-electron chi connectivity index (χ0n) is 13.8. The van der Waals surface area contributed by atoms with Crippen molar-refractivity contribution in [3.63, 3.8) is 0 Å². The summed E-state index contributed by atoms with van der Waals surface area (Å²) in [5.74, 6) is -0.0106. The van der Waals surface area contributed by atoms with Gasteiger partial charge in [0.25, 0.3) is 0 Å². The maximum atomic E-state index is 14.3. The number of fused-ring (bicyclic) bond motifs is 1. The van der Waals surface area contributed by atoms with Crippen molar-refractivity contribution < 1.29 is 9.13 Å². The van der Waals surface area contributed by atoms with E-state index in [9.17, 15) is 4.39 Å². The predicted octanol–water partition coefficient (Wildman–Crippen LogP) is 5.34. The minimum absolute atomic E-state index is 0.0239. The van der Waals surface area contributed by atoms with Gasteiger partial charge in [-0.15, -0.1) is 0 Å². The van der Waals surface area contributed by atoms with Crippen LogP contribution in [0.4, 0.5) is 4.39 Å². The molecule has 1 saturated heterocycles. The molecule has 0 radical (unpaired) electrons. The van der Waals surface area contributed by atoms with Crippen LogP contribution in [0.25, 0.3) is 10.9 Å². The zero-order chi connectivity index (χ0) is 18.1. The number of rotatable bonds is 3. The Bertz CT molecular complexity index is 961. The van der Waals surface area contributed by atoms with Crippen molar-refractivity contribution in [2.24, 2.45) is 0 Å². The summed E-state index contributed by atoms with van der Waals surface area (Å²) in [6, 6.07) is 8.98. The van der Waals surface area contributed by atoms with Gasteiger partial charge in [-0.05, 0) is 55.1 Å². The van der Waals surface area contributed by atoms with Crippen molar-refractivity contribution in [1.29, 1.82) is 0 Å². The molecule has 1 aromatic heterocycles. The van der Waals surface area contributed by atoms with Gasteiger partial charge in [-0.25, -0.2) is 14.4 Å². The standard InChI is InChI=1S/C19H16Cl2FN3O/c20-14-4-6-16(18(22)17(14)21)26-19-13-8-11(12-2-1-7-23-9-12)3-5-15(13)24-10-25-19/h3-6,8,10,12,23H,1-2,7,9H2/t12-/m0/s1. The second-order valence-corrected chi connectivity index (χ2v) is 7.06. The molecule has 1 fully saturated rings. The number of hydrogen-bond acceptors (Lipinski definition) is 4. The first-order valence-electron chi connectivity index (χ1n) is 8.40. The Kier molecular flexibility index (Phi) is 4.94. The van der Waals surface area contributed by atoms with Crippen LogP contribution in [-0.2, 0) is 0 Å². The van der Waals surface area contributed by atoms with Crippen LogP contribution < -0.4 is 10.1 Å². The van der Waals surface area contributed by atoms with E-state index < -0.39 is 5.82 Å². The van der Waals surface area contributed by atoms with E-state index in [1.807, 2.05) is 12.1 Å². The lowest BCUT2D eigenvalue weighted by atomic mass is 9.91. The normalized spacial score (nSPS) is 17.4. The first-order chi connectivity index (χ1) is 12.6. The fourth-order valence-corrected chi connectivity index (χ4v) is 3.52. The van der Waals surface area contributed by atoms with Crippen LogP contribution in [0.5, 0.6) is 11.6 Å². The van der Waals surface area contributed by atoms with Gasteiger partial charge in [-0.1, -0.05) is 29.3 Å². The molecule has 1 aliphatic heterocycles. The summed E-state index contributed by atoms with van der Waals surface area (Å²) in [5.41, 5.74) is 1.93. The van der Waals surface area contributed by atoms with E-state index in [-0.39, 0.29) is 21.7 Å². The topological polar surface area (TPSA) is 47.0 Å². The SMILES string of the molecule is Fc1c(Oc2ncnc3ccc([C@H]4CCCNC4)cc23)ccc(Cl)c1Cl. The second-order valence-electron chi connectivity index (χ2n) is 6.27. The molecular weight excluding hydrogens is 376 g/mol. The molecule has 0 aliphatic carbocycles. The summed E-state index contributed by atoms with van der Waals surface area (Å²) in [7, 11) is 0. The van der Waals surface area contributed by atoms with E-state index in [0.717, 1.165) is 36.8 Å². The highest BCUT2D eigenvalue weighted by atomic mass is 35.5. The molecule has 1 aliphatic rings. The number of hydrogen-bond donors (Lipinski definition) is 1. The van der Waals surface area contributed by atoms with Crippen LogP contribution in [0.15, 0.2) is 36.7 Å². The van der Waals surface area contributed by atoms with Crippen molar-refractivity contribution in [2.45, 2.75) is 18.8 Å². The third-order valence-corrected chi connectivity index (χ3v) is 5.38. The Morgan fingerprint density at radius 1 is 1.15 bits per heavy atom. The lowest BCUT2D eigenvalue weighted by Gasteiger charge is -2.23. The van der Waals surface area contributed by atoms with Gasteiger partial charge in [-0.3, -0.25) is 0 Å². The van der Waals surface area contributed by atoms with Gasteiger partial charge < -0.3 is 10.1 Å². The number of aromatic nitrogens is 2. The highest BCUT2D eigenvalue weighted by Crippen LogP contribution is 2.36. The first kappa shape index (κ1) is 17.5. The highest BCUT2D eigenvalue weighted by Gasteiger charge is 2.18. The van der Waals surface area contributed by atoms with Crippen LogP contribution in [0.3, 0.4) is 0 Å². The highest BCUT2D eigenvalue weighted by molar-refractivity contribution is 6.42. The van der Waals surface area contributed by atoms with E-state index in [1.54, 1.807) is 0 Å². The molecule has 0 unspecified atom stereocenters. The minimum Gasteiger partial charge on any atom is -0.435 e. The van der Waals surface area contributed by atoms with Crippen molar-refractivity contribution in [3.05, 3.63) is 58.1 Å². The van der Waals surface area contributed by atoms with Gasteiger partial charge in [0.1, 0.15) is 6.33 Å². The lowest BCUT2D eigenvalue weighted by molar-refractivity contribution is 0.431. The molecule has 4 rings (SSSR count). The molecule has 4 nitrogen and oxygen atoms in total. The summed E-state index contributed by atoms with van der Waals surface area (Å²) in [6.07, 6.45) is 3.67. The summed E-state index contributed by atoms with van der Waals surface area (Å²) >= 11 is 11.7. The Balaban J connectivity index is 1.74. The van der Waals surface area contributed by atoms with Crippen molar-refractivity contribution in [3.8, 4) is 11.6 Å². The maximum absolute atomic E-state index is 14.3. The molecule has 1 atom stereocenters. The molecule has 3 aromatic rings. The molecule has 2 aromatic carbocycles. The summed E-state index contributed by atoms with van der Waals surface area (Å²) < 4.78 is 20.0. The summed E-state index contributed by atoms with van der Waals surface area (Å²) in [6.45, 7) is 2.00. The molecule has 2 heterocycles. The van der Waals surface area contributed by atoms with Gasteiger partial charge in [0, 0.05) is 6.54 Å². The van der Waals surface area contributed by atoms with Crippen LogP contribution in [-0.4, -0.2) is 23.1 Å². The quantitative estimate of drug-likeness (QED) is 0.612. The van der Waals surface area contributed by atoms with Crippen LogP contribution in [0.2, 0.25) is 10.0 Å². The van der Waals surface area contributed by atoms with Crippen LogP contribution in [0.1, 0.15) is 24.3 Å². The molecule has 1 N–H and O–H groups in total. The number of nitrogens with one attached hydrogen (secondary N) is 1. The summed E-state index contributed by atoms with van der Waals surface area (Å²) in [4.78, 5) is 8.47. The molecule has 0 saturated carbocycles. The smallest absolute Gasteiger partial charge is 0.230 e. The van der Waals surface area contributed by atoms with Gasteiger partial charge in [0.05, 0.1) is 20.9 Å². The fourth-order valence-electron chi connectivity index (χ4n) is 3.21. The van der Waals surface area contributed by atoms with Crippen molar-refractivity contribution in [1.82, 2.24) is 15.3 Å². The number of benzene rings is 2. The third kappa shape index (κ3) is 3.34. The monoisotopic (exact) mass is 391 g/mol. The van der Waals surface area contributed by atoms with E-state index >= 15 is 0 Å². The molecular formula is C19H16Cl2FN3O. The number of piperidine rings is 1. The average molecular weight is 392 g/mol. The molecule has 0 bridgehead atoms. The maximum Gasteiger partial charge on any atom is 0.230 e. The van der Waals surface area contributed by atoms with E-state index in [1.165, 1.54) is 24.0 Å². The second kappa shape index (κ2) is 7.35. The molecule has 7 heteroatoms. The molecule has 0 spiro atoms.